The van der Waals surface area contributed by atoms with Crippen molar-refractivity contribution in [2.75, 3.05) is 7.11 Å². The van der Waals surface area contributed by atoms with Crippen molar-refractivity contribution in [1.82, 2.24) is 0 Å². The zero-order chi connectivity index (χ0) is 15.1. The summed E-state index contributed by atoms with van der Waals surface area (Å²) in [6.07, 6.45) is 4.43. The predicted octanol–water partition coefficient (Wildman–Crippen LogP) is 4.46. The summed E-state index contributed by atoms with van der Waals surface area (Å²) >= 11 is 0. The van der Waals surface area contributed by atoms with Crippen molar-refractivity contribution in [3.63, 3.8) is 0 Å². The van der Waals surface area contributed by atoms with Crippen LogP contribution in [0.2, 0.25) is 0 Å². The normalized spacial score (nSPS) is 10.4. The lowest BCUT2D eigenvalue weighted by molar-refractivity contribution is 0.101. The Kier molecular flexibility index (Phi) is 5.56. The second kappa shape index (κ2) is 7.63. The molecule has 2 heteroatoms. The maximum absolute atomic E-state index is 11.5. The van der Waals surface area contributed by atoms with E-state index >= 15 is 0 Å². The van der Waals surface area contributed by atoms with E-state index in [1.54, 1.807) is 14.0 Å². The number of carbonyl (C=O) groups is 1. The molecule has 0 spiro atoms. The summed E-state index contributed by atoms with van der Waals surface area (Å²) in [6, 6.07) is 16.4. The summed E-state index contributed by atoms with van der Waals surface area (Å²) in [5.74, 6) is 0.727. The Morgan fingerprint density at radius 3 is 2.24 bits per heavy atom. The maximum atomic E-state index is 11.5. The fourth-order valence-corrected chi connectivity index (χ4v) is 2.48. The highest BCUT2D eigenvalue weighted by Crippen LogP contribution is 2.22. The van der Waals surface area contributed by atoms with Crippen molar-refractivity contribution >= 4 is 5.78 Å². The molecule has 0 aliphatic carbocycles. The Balaban J connectivity index is 1.87. The Hall–Kier alpha value is -2.09. The highest BCUT2D eigenvalue weighted by Gasteiger charge is 2.08. The Morgan fingerprint density at radius 1 is 0.952 bits per heavy atom. The van der Waals surface area contributed by atoms with Gasteiger partial charge in [0.15, 0.2) is 5.78 Å². The van der Waals surface area contributed by atoms with E-state index in [1.165, 1.54) is 17.5 Å². The molecule has 110 valence electrons. The summed E-state index contributed by atoms with van der Waals surface area (Å²) in [5.41, 5.74) is 3.28. The molecule has 0 heterocycles. The van der Waals surface area contributed by atoms with Crippen LogP contribution in [0.4, 0.5) is 0 Å². The minimum atomic E-state index is 0.0440. The molecular weight excluding hydrogens is 260 g/mol. The van der Waals surface area contributed by atoms with Crippen molar-refractivity contribution in [3.05, 3.63) is 65.2 Å². The first-order valence-electron chi connectivity index (χ1n) is 7.42. The summed E-state index contributed by atoms with van der Waals surface area (Å²) in [5, 5.41) is 0. The SMILES string of the molecule is COc1cc(CCCCc2ccccc2)ccc1C(C)=O. The number of unbranched alkanes of at least 4 members (excludes halogenated alkanes) is 1. The third-order valence-corrected chi connectivity index (χ3v) is 3.67. The second-order valence-corrected chi connectivity index (χ2v) is 5.28. The molecule has 0 amide bonds. The smallest absolute Gasteiger partial charge is 0.163 e. The zero-order valence-corrected chi connectivity index (χ0v) is 12.8. The summed E-state index contributed by atoms with van der Waals surface area (Å²) in [7, 11) is 1.61. The van der Waals surface area contributed by atoms with E-state index in [0.717, 1.165) is 19.3 Å². The number of hydrogen-bond acceptors (Lipinski definition) is 2. The topological polar surface area (TPSA) is 26.3 Å². The van der Waals surface area contributed by atoms with Gasteiger partial charge in [0.1, 0.15) is 5.75 Å². The molecule has 0 N–H and O–H groups in total. The molecule has 0 radical (unpaired) electrons. The lowest BCUT2D eigenvalue weighted by Crippen LogP contribution is -1.99. The molecule has 0 atom stereocenters. The molecule has 0 aliphatic rings. The molecule has 0 saturated carbocycles. The molecule has 0 aliphatic heterocycles. The highest BCUT2D eigenvalue weighted by molar-refractivity contribution is 5.96. The van der Waals surface area contributed by atoms with Crippen LogP contribution in [0.15, 0.2) is 48.5 Å². The molecule has 0 fully saturated rings. The van der Waals surface area contributed by atoms with Gasteiger partial charge in [-0.15, -0.1) is 0 Å². The van der Waals surface area contributed by atoms with Crippen molar-refractivity contribution < 1.29 is 9.53 Å². The van der Waals surface area contributed by atoms with Gasteiger partial charge in [-0.3, -0.25) is 4.79 Å². The number of methoxy groups -OCH3 is 1. The van der Waals surface area contributed by atoms with Gasteiger partial charge in [-0.1, -0.05) is 36.4 Å². The van der Waals surface area contributed by atoms with Crippen molar-refractivity contribution in [1.29, 1.82) is 0 Å². The molecule has 0 saturated heterocycles. The van der Waals surface area contributed by atoms with Gasteiger partial charge in [-0.2, -0.15) is 0 Å². The van der Waals surface area contributed by atoms with Crippen LogP contribution in [0.3, 0.4) is 0 Å². The van der Waals surface area contributed by atoms with Gasteiger partial charge in [-0.25, -0.2) is 0 Å². The lowest BCUT2D eigenvalue weighted by Gasteiger charge is -2.08. The van der Waals surface area contributed by atoms with Crippen molar-refractivity contribution in [2.24, 2.45) is 0 Å². The van der Waals surface area contributed by atoms with Crippen LogP contribution in [-0.2, 0) is 12.8 Å². The first-order valence-corrected chi connectivity index (χ1v) is 7.42. The molecule has 21 heavy (non-hydrogen) atoms. The fraction of sp³-hybridized carbons (Fsp3) is 0.316. The van der Waals surface area contributed by atoms with E-state index in [2.05, 4.69) is 24.3 Å². The van der Waals surface area contributed by atoms with Crippen LogP contribution in [0.5, 0.6) is 5.75 Å². The molecule has 2 aromatic rings. The fourth-order valence-electron chi connectivity index (χ4n) is 2.48. The van der Waals surface area contributed by atoms with Crippen molar-refractivity contribution in [3.8, 4) is 5.75 Å². The van der Waals surface area contributed by atoms with Crippen LogP contribution in [-0.4, -0.2) is 12.9 Å². The first kappa shape index (κ1) is 15.3. The van der Waals surface area contributed by atoms with Gasteiger partial charge in [0.05, 0.1) is 12.7 Å². The standard InChI is InChI=1S/C19H22O2/c1-15(20)18-13-12-17(14-19(18)21-2)11-7-6-10-16-8-4-3-5-9-16/h3-5,8-9,12-14H,6-7,10-11H2,1-2H3. The van der Waals surface area contributed by atoms with Crippen LogP contribution >= 0.6 is 0 Å². The molecule has 2 aromatic carbocycles. The molecule has 2 nitrogen and oxygen atoms in total. The lowest BCUT2D eigenvalue weighted by atomic mass is 10.0. The van der Waals surface area contributed by atoms with Gasteiger partial charge in [0.2, 0.25) is 0 Å². The van der Waals surface area contributed by atoms with Gasteiger partial charge in [0, 0.05) is 0 Å². The van der Waals surface area contributed by atoms with Gasteiger partial charge in [-0.05, 0) is 55.9 Å². The summed E-state index contributed by atoms with van der Waals surface area (Å²) in [4.78, 5) is 11.5. The van der Waals surface area contributed by atoms with Crippen molar-refractivity contribution in [2.45, 2.75) is 32.6 Å². The van der Waals surface area contributed by atoms with Gasteiger partial charge >= 0.3 is 0 Å². The molecular formula is C19H22O2. The number of hydrogen-bond donors (Lipinski definition) is 0. The van der Waals surface area contributed by atoms with Crippen LogP contribution in [0.25, 0.3) is 0 Å². The zero-order valence-electron chi connectivity index (χ0n) is 12.8. The van der Waals surface area contributed by atoms with E-state index in [1.807, 2.05) is 24.3 Å². The van der Waals surface area contributed by atoms with Gasteiger partial charge < -0.3 is 4.74 Å². The van der Waals surface area contributed by atoms with Gasteiger partial charge in [0.25, 0.3) is 0 Å². The number of benzene rings is 2. The number of ether oxygens (including phenoxy) is 1. The van der Waals surface area contributed by atoms with Crippen LogP contribution in [0, 0.1) is 0 Å². The Morgan fingerprint density at radius 2 is 1.62 bits per heavy atom. The number of ketones is 1. The molecule has 0 aromatic heterocycles. The number of rotatable bonds is 7. The molecule has 2 rings (SSSR count). The third-order valence-electron chi connectivity index (χ3n) is 3.67. The molecule has 0 bridgehead atoms. The van der Waals surface area contributed by atoms with Crippen LogP contribution < -0.4 is 4.74 Å². The van der Waals surface area contributed by atoms with E-state index in [0.29, 0.717) is 11.3 Å². The monoisotopic (exact) mass is 282 g/mol. The van der Waals surface area contributed by atoms with E-state index < -0.39 is 0 Å². The Bertz CT molecular complexity index is 588. The number of carbonyl (C=O) groups excluding carboxylic acids is 1. The quantitative estimate of drug-likeness (QED) is 0.553. The minimum absolute atomic E-state index is 0.0440. The summed E-state index contributed by atoms with van der Waals surface area (Å²) in [6.45, 7) is 1.57. The minimum Gasteiger partial charge on any atom is -0.496 e. The first-order chi connectivity index (χ1) is 10.2. The second-order valence-electron chi connectivity index (χ2n) is 5.28. The predicted molar refractivity (Wildman–Crippen MR) is 86.1 cm³/mol. The van der Waals surface area contributed by atoms with E-state index in [4.69, 9.17) is 4.74 Å². The molecule has 0 unspecified atom stereocenters. The van der Waals surface area contributed by atoms with E-state index in [9.17, 15) is 4.79 Å². The average molecular weight is 282 g/mol. The average Bonchev–Trinajstić information content (AvgIpc) is 2.52. The highest BCUT2D eigenvalue weighted by atomic mass is 16.5. The maximum Gasteiger partial charge on any atom is 0.163 e. The third kappa shape index (κ3) is 4.45. The number of aryl methyl sites for hydroxylation is 2. The largest absolute Gasteiger partial charge is 0.496 e. The van der Waals surface area contributed by atoms with Crippen LogP contribution in [0.1, 0.15) is 41.3 Å². The summed E-state index contributed by atoms with van der Waals surface area (Å²) < 4.78 is 5.30. The van der Waals surface area contributed by atoms with E-state index in [-0.39, 0.29) is 5.78 Å². The number of Topliss-reactive ketones (excluding diaryl/α,β-unsaturated/α-hetero) is 1. The Labute approximate surface area is 126 Å².